The quantitative estimate of drug-likeness (QED) is 0.863. The van der Waals surface area contributed by atoms with Crippen LogP contribution in [-0.4, -0.2) is 36.0 Å². The highest BCUT2D eigenvalue weighted by Gasteiger charge is 2.32. The molecule has 2 unspecified atom stereocenters. The fourth-order valence-corrected chi connectivity index (χ4v) is 3.94. The van der Waals surface area contributed by atoms with Crippen molar-refractivity contribution in [1.82, 2.24) is 10.2 Å². The van der Waals surface area contributed by atoms with Gasteiger partial charge in [-0.25, -0.2) is 0 Å². The number of amides is 1. The zero-order chi connectivity index (χ0) is 15.5. The Balaban J connectivity index is 1.80. The smallest absolute Gasteiger partial charge is 0.227 e. The third kappa shape index (κ3) is 4.45. The largest absolute Gasteiger partial charge is 0.342 e. The lowest BCUT2D eigenvalue weighted by molar-refractivity contribution is -0.140. The molecule has 1 heterocycles. The topological polar surface area (TPSA) is 32.3 Å². The Morgan fingerprint density at radius 1 is 1.10 bits per heavy atom. The van der Waals surface area contributed by atoms with E-state index in [0.717, 1.165) is 37.9 Å². The maximum atomic E-state index is 12.3. The SMILES string of the molecule is CCC1CCCCC1NC1CCN(C(=O)C(C)(C)C)CC1. The first-order valence-corrected chi connectivity index (χ1v) is 8.97. The van der Waals surface area contributed by atoms with Crippen molar-refractivity contribution in [2.75, 3.05) is 13.1 Å². The monoisotopic (exact) mass is 294 g/mol. The number of piperidine rings is 1. The zero-order valence-electron chi connectivity index (χ0n) is 14.5. The summed E-state index contributed by atoms with van der Waals surface area (Å²) in [5.74, 6) is 1.18. The van der Waals surface area contributed by atoms with E-state index in [1.54, 1.807) is 0 Å². The summed E-state index contributed by atoms with van der Waals surface area (Å²) < 4.78 is 0. The van der Waals surface area contributed by atoms with Crippen molar-refractivity contribution in [3.63, 3.8) is 0 Å². The normalized spacial score (nSPS) is 28.7. The third-order valence-corrected chi connectivity index (χ3v) is 5.31. The van der Waals surface area contributed by atoms with Crippen molar-refractivity contribution in [1.29, 1.82) is 0 Å². The molecule has 0 aromatic rings. The molecule has 3 heteroatoms. The van der Waals surface area contributed by atoms with Gasteiger partial charge in [-0.3, -0.25) is 4.79 Å². The summed E-state index contributed by atoms with van der Waals surface area (Å²) in [4.78, 5) is 14.4. The highest BCUT2D eigenvalue weighted by atomic mass is 16.2. The summed E-state index contributed by atoms with van der Waals surface area (Å²) in [6.07, 6.45) is 9.09. The lowest BCUT2D eigenvalue weighted by Gasteiger charge is -2.40. The molecule has 0 spiro atoms. The van der Waals surface area contributed by atoms with Crippen LogP contribution in [0, 0.1) is 11.3 Å². The zero-order valence-corrected chi connectivity index (χ0v) is 14.5. The molecule has 1 N–H and O–H groups in total. The minimum atomic E-state index is -0.239. The van der Waals surface area contributed by atoms with E-state index in [-0.39, 0.29) is 5.41 Å². The van der Waals surface area contributed by atoms with Crippen LogP contribution in [0.3, 0.4) is 0 Å². The van der Waals surface area contributed by atoms with Gasteiger partial charge in [-0.05, 0) is 31.6 Å². The molecule has 2 aliphatic rings. The van der Waals surface area contributed by atoms with Crippen LogP contribution in [-0.2, 0) is 4.79 Å². The van der Waals surface area contributed by atoms with Crippen LogP contribution in [0.1, 0.15) is 72.6 Å². The Labute approximate surface area is 130 Å². The minimum Gasteiger partial charge on any atom is -0.342 e. The fourth-order valence-electron chi connectivity index (χ4n) is 3.94. The second-order valence-corrected chi connectivity index (χ2v) is 8.04. The van der Waals surface area contributed by atoms with Gasteiger partial charge in [0, 0.05) is 30.6 Å². The van der Waals surface area contributed by atoms with Crippen molar-refractivity contribution >= 4 is 5.91 Å². The highest BCUT2D eigenvalue weighted by molar-refractivity contribution is 5.81. The molecular weight excluding hydrogens is 260 g/mol. The van der Waals surface area contributed by atoms with Gasteiger partial charge in [-0.2, -0.15) is 0 Å². The number of rotatable bonds is 3. The second-order valence-electron chi connectivity index (χ2n) is 8.04. The Bertz CT molecular complexity index is 340. The van der Waals surface area contributed by atoms with Gasteiger partial charge in [-0.15, -0.1) is 0 Å². The van der Waals surface area contributed by atoms with Crippen LogP contribution in [0.15, 0.2) is 0 Å². The Morgan fingerprint density at radius 2 is 1.71 bits per heavy atom. The van der Waals surface area contributed by atoms with E-state index in [1.807, 2.05) is 20.8 Å². The number of nitrogens with zero attached hydrogens (tertiary/aromatic N) is 1. The van der Waals surface area contributed by atoms with Crippen LogP contribution >= 0.6 is 0 Å². The molecule has 0 radical (unpaired) electrons. The number of hydrogen-bond acceptors (Lipinski definition) is 2. The van der Waals surface area contributed by atoms with Crippen molar-refractivity contribution in [2.24, 2.45) is 11.3 Å². The van der Waals surface area contributed by atoms with Crippen molar-refractivity contribution < 1.29 is 4.79 Å². The number of carbonyl (C=O) groups is 1. The molecule has 122 valence electrons. The van der Waals surface area contributed by atoms with Crippen LogP contribution in [0.5, 0.6) is 0 Å². The summed E-state index contributed by atoms with van der Waals surface area (Å²) in [5.41, 5.74) is -0.239. The van der Waals surface area contributed by atoms with Gasteiger partial charge >= 0.3 is 0 Å². The number of hydrogen-bond donors (Lipinski definition) is 1. The molecule has 0 aromatic carbocycles. The first-order chi connectivity index (χ1) is 9.91. The molecule has 0 aromatic heterocycles. The summed E-state index contributed by atoms with van der Waals surface area (Å²) in [6.45, 7) is 10.2. The average molecular weight is 294 g/mol. The number of nitrogens with one attached hydrogen (secondary N) is 1. The standard InChI is InChI=1S/C18H34N2O/c1-5-14-8-6-7-9-16(14)19-15-10-12-20(13-11-15)17(21)18(2,3)4/h14-16,19H,5-13H2,1-4H3. The predicted octanol–water partition coefficient (Wildman–Crippen LogP) is 3.58. The van der Waals surface area contributed by atoms with Crippen molar-refractivity contribution in [3.05, 3.63) is 0 Å². The number of carbonyl (C=O) groups excluding carboxylic acids is 1. The molecule has 1 amide bonds. The van der Waals surface area contributed by atoms with Gasteiger partial charge in [0.2, 0.25) is 5.91 Å². The van der Waals surface area contributed by atoms with E-state index in [0.29, 0.717) is 11.9 Å². The molecule has 1 aliphatic heterocycles. The highest BCUT2D eigenvalue weighted by Crippen LogP contribution is 2.28. The molecule has 2 atom stereocenters. The molecule has 0 bridgehead atoms. The Kier molecular flexibility index (Phi) is 5.70. The van der Waals surface area contributed by atoms with Crippen LogP contribution in [0.2, 0.25) is 0 Å². The molecule has 1 saturated heterocycles. The first-order valence-electron chi connectivity index (χ1n) is 8.97. The van der Waals surface area contributed by atoms with Gasteiger partial charge in [0.05, 0.1) is 0 Å². The van der Waals surface area contributed by atoms with Gasteiger partial charge in [0.15, 0.2) is 0 Å². The maximum absolute atomic E-state index is 12.3. The van der Waals surface area contributed by atoms with Gasteiger partial charge < -0.3 is 10.2 Å². The molecular formula is C18H34N2O. The van der Waals surface area contributed by atoms with E-state index < -0.39 is 0 Å². The molecule has 3 nitrogen and oxygen atoms in total. The lowest BCUT2D eigenvalue weighted by atomic mass is 9.82. The Hall–Kier alpha value is -0.570. The van der Waals surface area contributed by atoms with Crippen molar-refractivity contribution in [3.8, 4) is 0 Å². The first kappa shape index (κ1) is 16.8. The van der Waals surface area contributed by atoms with Crippen molar-refractivity contribution in [2.45, 2.75) is 84.7 Å². The lowest BCUT2D eigenvalue weighted by Crippen LogP contribution is -2.51. The molecule has 2 fully saturated rings. The van der Waals surface area contributed by atoms with E-state index in [9.17, 15) is 4.79 Å². The molecule has 1 aliphatic carbocycles. The van der Waals surface area contributed by atoms with E-state index >= 15 is 0 Å². The molecule has 2 rings (SSSR count). The van der Waals surface area contributed by atoms with Gasteiger partial charge in [0.25, 0.3) is 0 Å². The average Bonchev–Trinajstić information content (AvgIpc) is 2.47. The van der Waals surface area contributed by atoms with Crippen LogP contribution in [0.4, 0.5) is 0 Å². The van der Waals surface area contributed by atoms with E-state index in [2.05, 4.69) is 17.1 Å². The van der Waals surface area contributed by atoms with Gasteiger partial charge in [0.1, 0.15) is 0 Å². The number of likely N-dealkylation sites (tertiary alicyclic amines) is 1. The Morgan fingerprint density at radius 3 is 2.29 bits per heavy atom. The van der Waals surface area contributed by atoms with Crippen LogP contribution in [0.25, 0.3) is 0 Å². The minimum absolute atomic E-state index is 0.239. The summed E-state index contributed by atoms with van der Waals surface area (Å²) in [7, 11) is 0. The van der Waals surface area contributed by atoms with E-state index in [4.69, 9.17) is 0 Å². The molecule has 21 heavy (non-hydrogen) atoms. The fraction of sp³-hybridized carbons (Fsp3) is 0.944. The summed E-state index contributed by atoms with van der Waals surface area (Å²) in [6, 6.07) is 1.34. The second kappa shape index (κ2) is 7.13. The summed E-state index contributed by atoms with van der Waals surface area (Å²) >= 11 is 0. The molecule has 1 saturated carbocycles. The summed E-state index contributed by atoms with van der Waals surface area (Å²) in [5, 5.41) is 3.92. The predicted molar refractivity (Wildman–Crippen MR) is 88.2 cm³/mol. The van der Waals surface area contributed by atoms with Crippen LogP contribution < -0.4 is 5.32 Å². The third-order valence-electron chi connectivity index (χ3n) is 5.31. The maximum Gasteiger partial charge on any atom is 0.227 e. The van der Waals surface area contributed by atoms with Gasteiger partial charge in [-0.1, -0.05) is 47.0 Å². The van der Waals surface area contributed by atoms with E-state index in [1.165, 1.54) is 32.1 Å².